The number of hydrogen-bond acceptors (Lipinski definition) is 3. The van der Waals surface area contributed by atoms with Crippen molar-refractivity contribution in [3.63, 3.8) is 0 Å². The van der Waals surface area contributed by atoms with E-state index >= 15 is 0 Å². The second-order valence-electron chi connectivity index (χ2n) is 6.95. The van der Waals surface area contributed by atoms with Gasteiger partial charge in [0, 0.05) is 35.8 Å². The summed E-state index contributed by atoms with van der Waals surface area (Å²) in [4.78, 5) is 26.9. The Morgan fingerprint density at radius 3 is 3.04 bits per heavy atom. The Balaban J connectivity index is 1.52. The second-order valence-corrected chi connectivity index (χ2v) is 7.38. The van der Waals surface area contributed by atoms with Crippen LogP contribution in [0.1, 0.15) is 31.0 Å². The molecular formula is C18H17ClN4O. The Bertz CT molecular complexity index is 962. The average molecular weight is 341 g/mol. The van der Waals surface area contributed by atoms with E-state index in [-0.39, 0.29) is 11.8 Å². The lowest BCUT2D eigenvalue weighted by Gasteiger charge is -2.15. The van der Waals surface area contributed by atoms with Crippen LogP contribution in [0, 0.1) is 5.92 Å². The number of halogens is 1. The van der Waals surface area contributed by atoms with Crippen molar-refractivity contribution in [3.05, 3.63) is 35.2 Å². The molecule has 24 heavy (non-hydrogen) atoms. The third kappa shape index (κ3) is 2.35. The van der Waals surface area contributed by atoms with Gasteiger partial charge in [0.1, 0.15) is 5.82 Å². The number of imidazole rings is 1. The SMILES string of the molecule is O=C1CC(c2nc3c(cnc4ccc(Cl)cc43)[nH]2)CN1CC1CC1. The van der Waals surface area contributed by atoms with Gasteiger partial charge >= 0.3 is 0 Å². The zero-order valence-corrected chi connectivity index (χ0v) is 13.9. The maximum Gasteiger partial charge on any atom is 0.223 e. The van der Waals surface area contributed by atoms with Crippen LogP contribution in [0.25, 0.3) is 21.9 Å². The number of rotatable bonds is 3. The first kappa shape index (κ1) is 14.2. The Labute approximate surface area is 144 Å². The van der Waals surface area contributed by atoms with E-state index in [9.17, 15) is 4.79 Å². The molecule has 1 amide bonds. The largest absolute Gasteiger partial charge is 0.342 e. The number of fused-ring (bicyclic) bond motifs is 3. The van der Waals surface area contributed by atoms with Gasteiger partial charge in [-0.25, -0.2) is 4.98 Å². The van der Waals surface area contributed by atoms with Gasteiger partial charge in [0.05, 0.1) is 22.7 Å². The topological polar surface area (TPSA) is 61.9 Å². The number of pyridine rings is 1. The fourth-order valence-electron chi connectivity index (χ4n) is 3.59. The van der Waals surface area contributed by atoms with Crippen LogP contribution in [0.15, 0.2) is 24.4 Å². The van der Waals surface area contributed by atoms with Crippen LogP contribution < -0.4 is 0 Å². The summed E-state index contributed by atoms with van der Waals surface area (Å²) < 4.78 is 0. The molecule has 2 aliphatic rings. The number of benzene rings is 1. The molecule has 0 bridgehead atoms. The van der Waals surface area contributed by atoms with Crippen molar-refractivity contribution in [1.29, 1.82) is 0 Å². The van der Waals surface area contributed by atoms with Gasteiger partial charge in [-0.2, -0.15) is 0 Å². The number of likely N-dealkylation sites (tertiary alicyclic amines) is 1. The zero-order chi connectivity index (χ0) is 16.3. The maximum atomic E-state index is 12.2. The Kier molecular flexibility index (Phi) is 3.07. The first-order valence-corrected chi connectivity index (χ1v) is 8.77. The molecule has 1 N–H and O–H groups in total. The molecule has 1 saturated carbocycles. The lowest BCUT2D eigenvalue weighted by Crippen LogP contribution is -2.27. The number of carbonyl (C=O) groups excluding carboxylic acids is 1. The minimum absolute atomic E-state index is 0.137. The molecule has 5 nitrogen and oxygen atoms in total. The first-order chi connectivity index (χ1) is 11.7. The average Bonchev–Trinajstić information content (AvgIpc) is 3.15. The third-order valence-electron chi connectivity index (χ3n) is 5.07. The van der Waals surface area contributed by atoms with Crippen LogP contribution in [-0.4, -0.2) is 38.8 Å². The Morgan fingerprint density at radius 2 is 2.21 bits per heavy atom. The van der Waals surface area contributed by atoms with Gasteiger partial charge in [0.25, 0.3) is 0 Å². The summed E-state index contributed by atoms with van der Waals surface area (Å²) in [5.41, 5.74) is 2.65. The van der Waals surface area contributed by atoms with E-state index in [2.05, 4.69) is 9.97 Å². The summed E-state index contributed by atoms with van der Waals surface area (Å²) in [5, 5.41) is 1.62. The van der Waals surface area contributed by atoms with Crippen LogP contribution in [0.3, 0.4) is 0 Å². The van der Waals surface area contributed by atoms with Crippen molar-refractivity contribution in [2.45, 2.75) is 25.2 Å². The summed E-state index contributed by atoms with van der Waals surface area (Å²) in [7, 11) is 0. The molecule has 0 spiro atoms. The van der Waals surface area contributed by atoms with E-state index in [0.29, 0.717) is 11.4 Å². The van der Waals surface area contributed by atoms with Crippen LogP contribution in [0.4, 0.5) is 0 Å². The second kappa shape index (κ2) is 5.18. The number of nitrogens with zero attached hydrogens (tertiary/aromatic N) is 3. The maximum absolute atomic E-state index is 12.2. The molecule has 1 aromatic carbocycles. The highest BCUT2D eigenvalue weighted by Crippen LogP contribution is 2.35. The zero-order valence-electron chi connectivity index (χ0n) is 13.1. The first-order valence-electron chi connectivity index (χ1n) is 8.39. The molecule has 5 rings (SSSR count). The van der Waals surface area contributed by atoms with Crippen molar-refractivity contribution >= 4 is 39.4 Å². The molecule has 2 aromatic heterocycles. The number of aromatic amines is 1. The van der Waals surface area contributed by atoms with Gasteiger partial charge in [-0.05, 0) is 37.0 Å². The highest BCUT2D eigenvalue weighted by molar-refractivity contribution is 6.31. The quantitative estimate of drug-likeness (QED) is 0.793. The summed E-state index contributed by atoms with van der Waals surface area (Å²) in [6.45, 7) is 1.68. The van der Waals surface area contributed by atoms with E-state index in [4.69, 9.17) is 16.6 Å². The highest BCUT2D eigenvalue weighted by Gasteiger charge is 2.35. The van der Waals surface area contributed by atoms with Gasteiger partial charge in [-0.15, -0.1) is 0 Å². The molecule has 1 aliphatic heterocycles. The van der Waals surface area contributed by atoms with Crippen LogP contribution >= 0.6 is 11.6 Å². The highest BCUT2D eigenvalue weighted by atomic mass is 35.5. The van der Waals surface area contributed by atoms with Crippen molar-refractivity contribution < 1.29 is 4.79 Å². The number of aromatic nitrogens is 3. The van der Waals surface area contributed by atoms with E-state index in [0.717, 1.165) is 46.8 Å². The minimum Gasteiger partial charge on any atom is -0.342 e. The molecule has 3 aromatic rings. The molecule has 122 valence electrons. The smallest absolute Gasteiger partial charge is 0.223 e. The predicted molar refractivity (Wildman–Crippen MR) is 93.1 cm³/mol. The lowest BCUT2D eigenvalue weighted by atomic mass is 10.1. The molecule has 1 saturated heterocycles. The Morgan fingerprint density at radius 1 is 1.33 bits per heavy atom. The fraction of sp³-hybridized carbons (Fsp3) is 0.389. The molecule has 3 heterocycles. The molecular weight excluding hydrogens is 324 g/mol. The lowest BCUT2D eigenvalue weighted by molar-refractivity contribution is -0.127. The van der Waals surface area contributed by atoms with Gasteiger partial charge in [0.2, 0.25) is 5.91 Å². The number of H-pyrrole nitrogens is 1. The summed E-state index contributed by atoms with van der Waals surface area (Å²) in [5.74, 6) is 1.99. The van der Waals surface area contributed by atoms with Gasteiger partial charge in [-0.3, -0.25) is 9.78 Å². The van der Waals surface area contributed by atoms with Crippen LogP contribution in [0.5, 0.6) is 0 Å². The number of amides is 1. The molecule has 1 aliphatic carbocycles. The van der Waals surface area contributed by atoms with E-state index in [1.165, 1.54) is 12.8 Å². The summed E-state index contributed by atoms with van der Waals surface area (Å²) in [6.07, 6.45) is 4.87. The molecule has 6 heteroatoms. The number of nitrogens with one attached hydrogen (secondary N) is 1. The summed E-state index contributed by atoms with van der Waals surface area (Å²) in [6, 6.07) is 5.64. The van der Waals surface area contributed by atoms with Crippen LogP contribution in [-0.2, 0) is 4.79 Å². The third-order valence-corrected chi connectivity index (χ3v) is 5.31. The molecule has 1 unspecified atom stereocenters. The van der Waals surface area contributed by atoms with E-state index in [1.54, 1.807) is 6.20 Å². The van der Waals surface area contributed by atoms with Crippen molar-refractivity contribution in [1.82, 2.24) is 19.9 Å². The van der Waals surface area contributed by atoms with Crippen molar-refractivity contribution in [2.75, 3.05) is 13.1 Å². The minimum atomic E-state index is 0.137. The Hall–Kier alpha value is -2.14. The number of hydrogen-bond donors (Lipinski definition) is 1. The van der Waals surface area contributed by atoms with Gasteiger partial charge in [-0.1, -0.05) is 11.6 Å². The van der Waals surface area contributed by atoms with Crippen LogP contribution in [0.2, 0.25) is 5.02 Å². The monoisotopic (exact) mass is 340 g/mol. The molecule has 1 atom stereocenters. The summed E-state index contributed by atoms with van der Waals surface area (Å²) >= 11 is 6.13. The molecule has 2 fully saturated rings. The molecule has 0 radical (unpaired) electrons. The van der Waals surface area contributed by atoms with E-state index in [1.807, 2.05) is 23.1 Å². The standard InChI is InChI=1S/C18H17ClN4O/c19-12-3-4-14-13(6-12)17-15(7-20-14)21-18(22-17)11-5-16(24)23(9-11)8-10-1-2-10/h3-4,6-7,10-11H,1-2,5,8-9H2,(H,21,22). The van der Waals surface area contributed by atoms with Crippen molar-refractivity contribution in [2.24, 2.45) is 5.92 Å². The van der Waals surface area contributed by atoms with Gasteiger partial charge < -0.3 is 9.88 Å². The number of carbonyl (C=O) groups is 1. The van der Waals surface area contributed by atoms with E-state index < -0.39 is 0 Å². The normalized spacial score (nSPS) is 21.3. The van der Waals surface area contributed by atoms with Crippen molar-refractivity contribution in [3.8, 4) is 0 Å². The predicted octanol–water partition coefficient (Wildman–Crippen LogP) is 3.49. The van der Waals surface area contributed by atoms with Gasteiger partial charge in [0.15, 0.2) is 0 Å². The fourth-order valence-corrected chi connectivity index (χ4v) is 3.76.